The van der Waals surface area contributed by atoms with Crippen LogP contribution in [0.2, 0.25) is 0 Å². The molecular formula is C18H14O2S. The van der Waals surface area contributed by atoms with E-state index in [4.69, 9.17) is 0 Å². The Hall–Kier alpha value is -2.39. The van der Waals surface area contributed by atoms with E-state index < -0.39 is 0 Å². The minimum atomic E-state index is 0.254. The van der Waals surface area contributed by atoms with Gasteiger partial charge in [0.15, 0.2) is 0 Å². The SMILES string of the molecule is Oc1ccc(Sc2ccc(O)cc2-c2ccccc2)cc1. The molecule has 0 unspecified atom stereocenters. The van der Waals surface area contributed by atoms with E-state index in [2.05, 4.69) is 0 Å². The monoisotopic (exact) mass is 294 g/mol. The maximum atomic E-state index is 9.76. The summed E-state index contributed by atoms with van der Waals surface area (Å²) < 4.78 is 0. The van der Waals surface area contributed by atoms with E-state index in [1.165, 1.54) is 0 Å². The topological polar surface area (TPSA) is 40.5 Å². The predicted octanol–water partition coefficient (Wildman–Crippen LogP) is 4.92. The Morgan fingerprint density at radius 3 is 2.05 bits per heavy atom. The highest BCUT2D eigenvalue weighted by atomic mass is 32.2. The molecule has 0 spiro atoms. The van der Waals surface area contributed by atoms with Gasteiger partial charge in [0, 0.05) is 9.79 Å². The summed E-state index contributed by atoms with van der Waals surface area (Å²) in [5.41, 5.74) is 2.06. The van der Waals surface area contributed by atoms with Crippen LogP contribution >= 0.6 is 11.8 Å². The summed E-state index contributed by atoms with van der Waals surface area (Å²) in [5.74, 6) is 0.511. The molecule has 0 atom stereocenters. The Labute approximate surface area is 127 Å². The lowest BCUT2D eigenvalue weighted by Gasteiger charge is -2.10. The molecular weight excluding hydrogens is 280 g/mol. The van der Waals surface area contributed by atoms with Gasteiger partial charge in [0.1, 0.15) is 11.5 Å². The van der Waals surface area contributed by atoms with Crippen molar-refractivity contribution in [3.05, 3.63) is 72.8 Å². The highest BCUT2D eigenvalue weighted by Crippen LogP contribution is 2.38. The smallest absolute Gasteiger partial charge is 0.116 e. The molecule has 21 heavy (non-hydrogen) atoms. The molecule has 0 bridgehead atoms. The van der Waals surface area contributed by atoms with E-state index >= 15 is 0 Å². The second-order valence-electron chi connectivity index (χ2n) is 4.64. The molecule has 0 saturated carbocycles. The number of hydrogen-bond donors (Lipinski definition) is 2. The van der Waals surface area contributed by atoms with E-state index in [1.807, 2.05) is 48.5 Å². The van der Waals surface area contributed by atoms with E-state index in [-0.39, 0.29) is 11.5 Å². The maximum Gasteiger partial charge on any atom is 0.116 e. The molecule has 3 aromatic rings. The fourth-order valence-electron chi connectivity index (χ4n) is 2.09. The molecule has 0 aliphatic carbocycles. The molecule has 3 aromatic carbocycles. The molecule has 2 N–H and O–H groups in total. The van der Waals surface area contributed by atoms with Crippen molar-refractivity contribution >= 4 is 11.8 Å². The Balaban J connectivity index is 2.00. The highest BCUT2D eigenvalue weighted by Gasteiger charge is 2.08. The molecule has 0 fully saturated rings. The van der Waals surface area contributed by atoms with Crippen molar-refractivity contribution in [3.63, 3.8) is 0 Å². The number of phenolic OH excluding ortho intramolecular Hbond substituents is 2. The standard InChI is InChI=1S/C18H14O2S/c19-14-6-9-16(10-7-14)21-18-11-8-15(20)12-17(18)13-4-2-1-3-5-13/h1-12,19-20H. The van der Waals surface area contributed by atoms with E-state index in [9.17, 15) is 10.2 Å². The molecule has 0 amide bonds. The highest BCUT2D eigenvalue weighted by molar-refractivity contribution is 7.99. The van der Waals surface area contributed by atoms with Crippen LogP contribution in [-0.2, 0) is 0 Å². The second-order valence-corrected chi connectivity index (χ2v) is 5.76. The molecule has 3 heteroatoms. The van der Waals surface area contributed by atoms with Gasteiger partial charge in [-0.05, 0) is 53.6 Å². The van der Waals surface area contributed by atoms with E-state index in [0.717, 1.165) is 20.9 Å². The van der Waals surface area contributed by atoms with Crippen molar-refractivity contribution in [2.75, 3.05) is 0 Å². The van der Waals surface area contributed by atoms with Crippen molar-refractivity contribution in [2.24, 2.45) is 0 Å². The predicted molar refractivity (Wildman–Crippen MR) is 85.8 cm³/mol. The Kier molecular flexibility index (Phi) is 3.84. The molecule has 3 rings (SSSR count). The van der Waals surface area contributed by atoms with Crippen LogP contribution < -0.4 is 0 Å². The van der Waals surface area contributed by atoms with Crippen LogP contribution in [0.4, 0.5) is 0 Å². The first-order chi connectivity index (χ1) is 10.2. The summed E-state index contributed by atoms with van der Waals surface area (Å²) in [6.07, 6.45) is 0. The van der Waals surface area contributed by atoms with Crippen LogP contribution in [0.25, 0.3) is 11.1 Å². The number of aromatic hydroxyl groups is 2. The number of hydrogen-bond acceptors (Lipinski definition) is 3. The lowest BCUT2D eigenvalue weighted by atomic mass is 10.1. The maximum absolute atomic E-state index is 9.76. The third kappa shape index (κ3) is 3.20. The van der Waals surface area contributed by atoms with Crippen molar-refractivity contribution < 1.29 is 10.2 Å². The van der Waals surface area contributed by atoms with Crippen molar-refractivity contribution in [1.29, 1.82) is 0 Å². The number of benzene rings is 3. The molecule has 0 aromatic heterocycles. The Bertz CT molecular complexity index is 737. The summed E-state index contributed by atoms with van der Waals surface area (Å²) in [6, 6.07) is 22.5. The van der Waals surface area contributed by atoms with Gasteiger partial charge in [0.2, 0.25) is 0 Å². The van der Waals surface area contributed by atoms with Crippen molar-refractivity contribution in [1.82, 2.24) is 0 Å². The average molecular weight is 294 g/mol. The van der Waals surface area contributed by atoms with Gasteiger partial charge in [-0.15, -0.1) is 0 Å². The minimum Gasteiger partial charge on any atom is -0.508 e. The molecule has 2 nitrogen and oxygen atoms in total. The third-order valence-corrected chi connectivity index (χ3v) is 4.20. The van der Waals surface area contributed by atoms with Crippen molar-refractivity contribution in [2.45, 2.75) is 9.79 Å². The molecule has 104 valence electrons. The largest absolute Gasteiger partial charge is 0.508 e. The summed E-state index contributed by atoms with van der Waals surface area (Å²) >= 11 is 1.60. The summed E-state index contributed by atoms with van der Waals surface area (Å²) in [7, 11) is 0. The van der Waals surface area contributed by atoms with Gasteiger partial charge in [0.25, 0.3) is 0 Å². The van der Waals surface area contributed by atoms with E-state index in [1.54, 1.807) is 36.0 Å². The molecule has 0 aliphatic heterocycles. The quantitative estimate of drug-likeness (QED) is 0.720. The average Bonchev–Trinajstić information content (AvgIpc) is 2.52. The van der Waals surface area contributed by atoms with Crippen molar-refractivity contribution in [3.8, 4) is 22.6 Å². The van der Waals surface area contributed by atoms with Crippen LogP contribution in [0.1, 0.15) is 0 Å². The minimum absolute atomic E-state index is 0.254. The molecule has 0 heterocycles. The van der Waals surface area contributed by atoms with Crippen LogP contribution in [0.15, 0.2) is 82.6 Å². The summed E-state index contributed by atoms with van der Waals surface area (Å²) in [5, 5.41) is 19.1. The normalized spacial score (nSPS) is 10.5. The number of phenols is 2. The summed E-state index contributed by atoms with van der Waals surface area (Å²) in [4.78, 5) is 2.10. The Morgan fingerprint density at radius 2 is 1.33 bits per heavy atom. The molecule has 0 saturated heterocycles. The third-order valence-electron chi connectivity index (χ3n) is 3.11. The molecule has 0 aliphatic rings. The van der Waals surface area contributed by atoms with Gasteiger partial charge >= 0.3 is 0 Å². The van der Waals surface area contributed by atoms with Gasteiger partial charge in [-0.3, -0.25) is 0 Å². The lowest BCUT2D eigenvalue weighted by molar-refractivity contribution is 0.474. The molecule has 0 radical (unpaired) electrons. The zero-order chi connectivity index (χ0) is 14.7. The van der Waals surface area contributed by atoms with Crippen LogP contribution in [-0.4, -0.2) is 10.2 Å². The first-order valence-electron chi connectivity index (χ1n) is 6.58. The zero-order valence-electron chi connectivity index (χ0n) is 11.2. The van der Waals surface area contributed by atoms with Gasteiger partial charge in [-0.25, -0.2) is 0 Å². The number of rotatable bonds is 3. The first-order valence-corrected chi connectivity index (χ1v) is 7.39. The van der Waals surface area contributed by atoms with Crippen LogP contribution in [0.5, 0.6) is 11.5 Å². The summed E-state index contributed by atoms with van der Waals surface area (Å²) in [6.45, 7) is 0. The van der Waals surface area contributed by atoms with Gasteiger partial charge in [0.05, 0.1) is 0 Å². The van der Waals surface area contributed by atoms with Gasteiger partial charge in [-0.2, -0.15) is 0 Å². The lowest BCUT2D eigenvalue weighted by Crippen LogP contribution is -1.83. The van der Waals surface area contributed by atoms with E-state index in [0.29, 0.717) is 0 Å². The first kappa shape index (κ1) is 13.6. The Morgan fingerprint density at radius 1 is 0.667 bits per heavy atom. The zero-order valence-corrected chi connectivity index (χ0v) is 12.0. The fraction of sp³-hybridized carbons (Fsp3) is 0. The van der Waals surface area contributed by atoms with Gasteiger partial charge in [-0.1, -0.05) is 42.1 Å². The van der Waals surface area contributed by atoms with Crippen LogP contribution in [0, 0.1) is 0 Å². The van der Waals surface area contributed by atoms with Crippen LogP contribution in [0.3, 0.4) is 0 Å². The second kappa shape index (κ2) is 5.94. The van der Waals surface area contributed by atoms with Gasteiger partial charge < -0.3 is 10.2 Å². The fourth-order valence-corrected chi connectivity index (χ4v) is 3.04.